The van der Waals surface area contributed by atoms with E-state index < -0.39 is 0 Å². The molecule has 0 bridgehead atoms. The molecule has 0 spiro atoms. The molecule has 0 fully saturated rings. The zero-order valence-corrected chi connectivity index (χ0v) is 13.7. The van der Waals surface area contributed by atoms with Gasteiger partial charge in [-0.05, 0) is 43.0 Å². The van der Waals surface area contributed by atoms with E-state index in [4.69, 9.17) is 0 Å². The number of hydrogen-bond acceptors (Lipinski definition) is 2. The van der Waals surface area contributed by atoms with Crippen LogP contribution in [0.3, 0.4) is 0 Å². The lowest BCUT2D eigenvalue weighted by Gasteiger charge is -2.18. The predicted molar refractivity (Wildman–Crippen MR) is 89.3 cm³/mol. The second-order valence-electron chi connectivity index (χ2n) is 5.56. The molecule has 0 amide bonds. The average Bonchev–Trinajstić information content (AvgIpc) is 2.89. The molecule has 21 heavy (non-hydrogen) atoms. The summed E-state index contributed by atoms with van der Waals surface area (Å²) in [7, 11) is 1.99. The molecule has 3 heteroatoms. The maximum Gasteiger partial charge on any atom is 0.0700 e. The highest BCUT2D eigenvalue weighted by molar-refractivity contribution is 5.66. The summed E-state index contributed by atoms with van der Waals surface area (Å²) in [5, 5.41) is 8.18. The Labute approximate surface area is 128 Å². The number of benzene rings is 1. The van der Waals surface area contributed by atoms with Crippen molar-refractivity contribution in [2.24, 2.45) is 7.05 Å². The molecule has 1 atom stereocenters. The monoisotopic (exact) mass is 285 g/mol. The number of aromatic nitrogens is 2. The predicted octanol–water partition coefficient (Wildman–Crippen LogP) is 4.10. The molecular weight excluding hydrogens is 258 g/mol. The normalized spacial score (nSPS) is 12.6. The molecule has 1 aromatic carbocycles. The Balaban J connectivity index is 2.32. The zero-order valence-electron chi connectivity index (χ0n) is 13.7. The van der Waals surface area contributed by atoms with Crippen LogP contribution in [-0.2, 0) is 13.5 Å². The number of aryl methyl sites for hydroxylation is 2. The quantitative estimate of drug-likeness (QED) is 0.830. The van der Waals surface area contributed by atoms with Crippen molar-refractivity contribution in [3.8, 4) is 11.1 Å². The first-order valence-corrected chi connectivity index (χ1v) is 8.05. The van der Waals surface area contributed by atoms with Gasteiger partial charge in [0.1, 0.15) is 0 Å². The van der Waals surface area contributed by atoms with Crippen LogP contribution in [0.1, 0.15) is 50.9 Å². The van der Waals surface area contributed by atoms with Crippen molar-refractivity contribution in [2.45, 2.75) is 46.1 Å². The molecule has 0 aliphatic carbocycles. The van der Waals surface area contributed by atoms with Crippen molar-refractivity contribution in [1.82, 2.24) is 15.1 Å². The van der Waals surface area contributed by atoms with Gasteiger partial charge in [-0.3, -0.25) is 4.68 Å². The van der Waals surface area contributed by atoms with E-state index in [0.29, 0.717) is 6.04 Å². The molecule has 0 saturated heterocycles. The van der Waals surface area contributed by atoms with E-state index in [1.807, 2.05) is 11.7 Å². The standard InChI is InChI=1S/C18H27N3/c1-5-11-19-17(6-2)15-10-8-9-14(12-15)16-13-21(4)20-18(16)7-3/h8-10,12-13,17,19H,5-7,11H2,1-4H3. The Morgan fingerprint density at radius 2 is 2.05 bits per heavy atom. The molecule has 1 unspecified atom stereocenters. The first kappa shape index (κ1) is 15.8. The minimum absolute atomic E-state index is 0.437. The lowest BCUT2D eigenvalue weighted by Crippen LogP contribution is -2.21. The topological polar surface area (TPSA) is 29.9 Å². The molecule has 1 heterocycles. The van der Waals surface area contributed by atoms with Gasteiger partial charge in [0.05, 0.1) is 5.69 Å². The molecule has 0 radical (unpaired) electrons. The van der Waals surface area contributed by atoms with Gasteiger partial charge in [0.15, 0.2) is 0 Å². The second kappa shape index (κ2) is 7.41. The van der Waals surface area contributed by atoms with Crippen LogP contribution in [0.2, 0.25) is 0 Å². The average molecular weight is 285 g/mol. The molecule has 114 valence electrons. The minimum Gasteiger partial charge on any atom is -0.310 e. The van der Waals surface area contributed by atoms with Crippen molar-refractivity contribution in [3.63, 3.8) is 0 Å². The fraction of sp³-hybridized carbons (Fsp3) is 0.500. The molecule has 1 N–H and O–H groups in total. The smallest absolute Gasteiger partial charge is 0.0700 e. The number of nitrogens with one attached hydrogen (secondary N) is 1. The van der Waals surface area contributed by atoms with Crippen molar-refractivity contribution < 1.29 is 0 Å². The van der Waals surface area contributed by atoms with Crippen LogP contribution < -0.4 is 5.32 Å². The van der Waals surface area contributed by atoms with Gasteiger partial charge in [-0.15, -0.1) is 0 Å². The van der Waals surface area contributed by atoms with E-state index in [0.717, 1.165) is 19.4 Å². The summed E-state index contributed by atoms with van der Waals surface area (Å²) in [6.45, 7) is 7.67. The van der Waals surface area contributed by atoms with Gasteiger partial charge in [-0.2, -0.15) is 5.10 Å². The SMILES string of the molecule is CCCNC(CC)c1cccc(-c2cn(C)nc2CC)c1. The molecule has 2 aromatic rings. The molecular formula is C18H27N3. The van der Waals surface area contributed by atoms with Gasteiger partial charge in [0.25, 0.3) is 0 Å². The third kappa shape index (κ3) is 3.73. The van der Waals surface area contributed by atoms with E-state index in [1.165, 1.54) is 28.8 Å². The number of nitrogens with zero attached hydrogens (tertiary/aromatic N) is 2. The van der Waals surface area contributed by atoms with Crippen molar-refractivity contribution in [1.29, 1.82) is 0 Å². The zero-order chi connectivity index (χ0) is 15.2. The summed E-state index contributed by atoms with van der Waals surface area (Å²) >= 11 is 0. The molecule has 0 saturated carbocycles. The van der Waals surface area contributed by atoms with E-state index in [-0.39, 0.29) is 0 Å². The van der Waals surface area contributed by atoms with Crippen LogP contribution in [0, 0.1) is 0 Å². The summed E-state index contributed by atoms with van der Waals surface area (Å²) in [6.07, 6.45) is 5.36. The molecule has 2 rings (SSSR count). The highest BCUT2D eigenvalue weighted by Crippen LogP contribution is 2.27. The first-order chi connectivity index (χ1) is 10.2. The van der Waals surface area contributed by atoms with Crippen molar-refractivity contribution in [3.05, 3.63) is 41.7 Å². The molecule has 0 aliphatic heterocycles. The lowest BCUT2D eigenvalue weighted by molar-refractivity contribution is 0.518. The Kier molecular flexibility index (Phi) is 5.57. The van der Waals surface area contributed by atoms with Crippen LogP contribution in [0.15, 0.2) is 30.5 Å². The van der Waals surface area contributed by atoms with Gasteiger partial charge in [0, 0.05) is 24.8 Å². The highest BCUT2D eigenvalue weighted by Gasteiger charge is 2.12. The highest BCUT2D eigenvalue weighted by atomic mass is 15.2. The summed E-state index contributed by atoms with van der Waals surface area (Å²) in [5.74, 6) is 0. The maximum atomic E-state index is 4.55. The van der Waals surface area contributed by atoms with Crippen molar-refractivity contribution >= 4 is 0 Å². The van der Waals surface area contributed by atoms with E-state index in [9.17, 15) is 0 Å². The summed E-state index contributed by atoms with van der Waals surface area (Å²) in [6, 6.07) is 9.32. The van der Waals surface area contributed by atoms with Crippen molar-refractivity contribution in [2.75, 3.05) is 6.54 Å². The van der Waals surface area contributed by atoms with Gasteiger partial charge in [0.2, 0.25) is 0 Å². The third-order valence-corrected chi connectivity index (χ3v) is 3.89. The van der Waals surface area contributed by atoms with Crippen LogP contribution >= 0.6 is 0 Å². The Morgan fingerprint density at radius 1 is 1.24 bits per heavy atom. The van der Waals surface area contributed by atoms with Crippen LogP contribution in [0.4, 0.5) is 0 Å². The summed E-state index contributed by atoms with van der Waals surface area (Å²) in [4.78, 5) is 0. The van der Waals surface area contributed by atoms with Crippen LogP contribution in [0.25, 0.3) is 11.1 Å². The first-order valence-electron chi connectivity index (χ1n) is 8.05. The number of rotatable bonds is 7. The third-order valence-electron chi connectivity index (χ3n) is 3.89. The Bertz CT molecular complexity index is 572. The van der Waals surface area contributed by atoms with Gasteiger partial charge in [-0.25, -0.2) is 0 Å². The molecule has 3 nitrogen and oxygen atoms in total. The second-order valence-corrected chi connectivity index (χ2v) is 5.56. The minimum atomic E-state index is 0.437. The summed E-state index contributed by atoms with van der Waals surface area (Å²) < 4.78 is 1.91. The molecule has 1 aromatic heterocycles. The van der Waals surface area contributed by atoms with Crippen LogP contribution in [-0.4, -0.2) is 16.3 Å². The maximum absolute atomic E-state index is 4.55. The lowest BCUT2D eigenvalue weighted by atomic mass is 9.98. The summed E-state index contributed by atoms with van der Waals surface area (Å²) in [5.41, 5.74) is 5.07. The Hall–Kier alpha value is -1.61. The number of hydrogen-bond donors (Lipinski definition) is 1. The Morgan fingerprint density at radius 3 is 2.71 bits per heavy atom. The van der Waals surface area contributed by atoms with Gasteiger partial charge in [-0.1, -0.05) is 39.0 Å². The van der Waals surface area contributed by atoms with E-state index >= 15 is 0 Å². The fourth-order valence-electron chi connectivity index (χ4n) is 2.78. The molecule has 0 aliphatic rings. The van der Waals surface area contributed by atoms with E-state index in [1.54, 1.807) is 0 Å². The van der Waals surface area contributed by atoms with Crippen LogP contribution in [0.5, 0.6) is 0 Å². The van der Waals surface area contributed by atoms with E-state index in [2.05, 4.69) is 61.6 Å². The fourth-order valence-corrected chi connectivity index (χ4v) is 2.78. The largest absolute Gasteiger partial charge is 0.310 e. The van der Waals surface area contributed by atoms with Gasteiger partial charge >= 0.3 is 0 Å². The van der Waals surface area contributed by atoms with Gasteiger partial charge < -0.3 is 5.32 Å².